The van der Waals surface area contributed by atoms with Crippen LogP contribution in [0.2, 0.25) is 0 Å². The van der Waals surface area contributed by atoms with E-state index >= 15 is 0 Å². The Morgan fingerprint density at radius 3 is 2.92 bits per heavy atom. The van der Waals surface area contributed by atoms with E-state index in [4.69, 9.17) is 5.73 Å². The van der Waals surface area contributed by atoms with E-state index in [1.165, 1.54) is 17.6 Å². The van der Waals surface area contributed by atoms with Crippen molar-refractivity contribution in [3.8, 4) is 0 Å². The van der Waals surface area contributed by atoms with Crippen LogP contribution >= 0.6 is 12.2 Å². The van der Waals surface area contributed by atoms with Crippen LogP contribution in [0.25, 0.3) is 0 Å². The molecule has 0 aliphatic heterocycles. The van der Waals surface area contributed by atoms with Crippen molar-refractivity contribution in [3.63, 3.8) is 0 Å². The summed E-state index contributed by atoms with van der Waals surface area (Å²) in [6, 6.07) is 4.37. The Balaban J connectivity index is 3.03. The summed E-state index contributed by atoms with van der Waals surface area (Å²) in [5.74, 6) is -0.299. The zero-order valence-corrected chi connectivity index (χ0v) is 7.20. The standard InChI is InChI=1S/C8H9FN2S/c9-7-2-1-6(4-10)8(3-7)11-5-12/h1-3,5H,4,10H2,(H,11,12). The molecule has 0 amide bonds. The van der Waals surface area contributed by atoms with Crippen molar-refractivity contribution in [2.45, 2.75) is 6.54 Å². The van der Waals surface area contributed by atoms with E-state index in [-0.39, 0.29) is 5.82 Å². The van der Waals surface area contributed by atoms with E-state index in [1.807, 2.05) is 0 Å². The van der Waals surface area contributed by atoms with Crippen LogP contribution in [-0.2, 0) is 6.54 Å². The zero-order valence-electron chi connectivity index (χ0n) is 6.38. The minimum atomic E-state index is -0.299. The number of halogens is 1. The van der Waals surface area contributed by atoms with Gasteiger partial charge in [0.25, 0.3) is 0 Å². The number of nitrogens with two attached hydrogens (primary N) is 1. The first-order valence-electron chi connectivity index (χ1n) is 3.46. The lowest BCUT2D eigenvalue weighted by Gasteiger charge is -2.05. The number of nitrogens with one attached hydrogen (secondary N) is 1. The van der Waals surface area contributed by atoms with E-state index in [1.54, 1.807) is 6.07 Å². The van der Waals surface area contributed by atoms with E-state index in [0.717, 1.165) is 5.56 Å². The molecule has 1 aromatic rings. The van der Waals surface area contributed by atoms with Crippen LogP contribution < -0.4 is 11.1 Å². The number of benzene rings is 1. The average molecular weight is 184 g/mol. The molecule has 0 aliphatic rings. The normalized spacial score (nSPS) is 9.50. The molecule has 0 saturated heterocycles. The molecular weight excluding hydrogens is 175 g/mol. The summed E-state index contributed by atoms with van der Waals surface area (Å²) >= 11 is 4.59. The first-order valence-corrected chi connectivity index (χ1v) is 3.93. The summed E-state index contributed by atoms with van der Waals surface area (Å²) in [6.45, 7) is 0.367. The SMILES string of the molecule is NCc1ccc(F)cc1NC=S. The van der Waals surface area contributed by atoms with Gasteiger partial charge in [-0.2, -0.15) is 0 Å². The van der Waals surface area contributed by atoms with Gasteiger partial charge in [-0.1, -0.05) is 18.3 Å². The Kier molecular flexibility index (Phi) is 3.13. The van der Waals surface area contributed by atoms with Crippen molar-refractivity contribution in [3.05, 3.63) is 29.6 Å². The molecular formula is C8H9FN2S. The van der Waals surface area contributed by atoms with Gasteiger partial charge in [0.2, 0.25) is 0 Å². The third-order valence-corrected chi connectivity index (χ3v) is 1.62. The molecule has 2 nitrogen and oxygen atoms in total. The molecule has 0 unspecified atom stereocenters. The highest BCUT2D eigenvalue weighted by atomic mass is 32.1. The second kappa shape index (κ2) is 4.13. The number of anilines is 1. The van der Waals surface area contributed by atoms with Gasteiger partial charge in [0.15, 0.2) is 0 Å². The molecule has 3 N–H and O–H groups in total. The number of hydrogen-bond acceptors (Lipinski definition) is 2. The topological polar surface area (TPSA) is 38.0 Å². The highest BCUT2D eigenvalue weighted by Crippen LogP contribution is 2.15. The number of thiocarbonyl (C=S) groups is 1. The number of rotatable bonds is 3. The maximum atomic E-state index is 12.7. The maximum Gasteiger partial charge on any atom is 0.125 e. The van der Waals surface area contributed by atoms with Gasteiger partial charge < -0.3 is 11.1 Å². The molecule has 0 heterocycles. The van der Waals surface area contributed by atoms with Gasteiger partial charge in [0.05, 0.1) is 5.49 Å². The predicted octanol–water partition coefficient (Wildman–Crippen LogP) is 1.65. The third kappa shape index (κ3) is 1.99. The second-order valence-electron chi connectivity index (χ2n) is 2.27. The first-order chi connectivity index (χ1) is 5.77. The van der Waals surface area contributed by atoms with Crippen LogP contribution in [0.4, 0.5) is 10.1 Å². The van der Waals surface area contributed by atoms with Crippen LogP contribution in [0.3, 0.4) is 0 Å². The fraction of sp³-hybridized carbons (Fsp3) is 0.125. The first kappa shape index (κ1) is 9.09. The minimum absolute atomic E-state index is 0.299. The monoisotopic (exact) mass is 184 g/mol. The molecule has 0 radical (unpaired) electrons. The minimum Gasteiger partial charge on any atom is -0.352 e. The lowest BCUT2D eigenvalue weighted by molar-refractivity contribution is 0.628. The van der Waals surface area contributed by atoms with Crippen LogP contribution in [0.5, 0.6) is 0 Å². The molecule has 0 spiro atoms. The quantitative estimate of drug-likeness (QED) is 0.701. The average Bonchev–Trinajstić information content (AvgIpc) is 2.05. The molecule has 0 saturated carbocycles. The highest BCUT2D eigenvalue weighted by molar-refractivity contribution is 7.79. The van der Waals surface area contributed by atoms with Crippen molar-refractivity contribution >= 4 is 23.4 Å². The van der Waals surface area contributed by atoms with Gasteiger partial charge >= 0.3 is 0 Å². The smallest absolute Gasteiger partial charge is 0.125 e. The van der Waals surface area contributed by atoms with E-state index in [9.17, 15) is 4.39 Å². The molecule has 4 heteroatoms. The largest absolute Gasteiger partial charge is 0.352 e. The van der Waals surface area contributed by atoms with Crippen molar-refractivity contribution in [2.75, 3.05) is 5.32 Å². The van der Waals surface area contributed by atoms with E-state index in [2.05, 4.69) is 17.5 Å². The Hall–Kier alpha value is -1.00. The third-order valence-electron chi connectivity index (χ3n) is 1.51. The molecule has 0 bridgehead atoms. The van der Waals surface area contributed by atoms with Crippen LogP contribution in [0.15, 0.2) is 18.2 Å². The predicted molar refractivity (Wildman–Crippen MR) is 51.6 cm³/mol. The summed E-state index contributed by atoms with van der Waals surface area (Å²) in [5, 5.41) is 2.74. The summed E-state index contributed by atoms with van der Waals surface area (Å²) in [7, 11) is 0. The summed E-state index contributed by atoms with van der Waals surface area (Å²) < 4.78 is 12.7. The van der Waals surface area contributed by atoms with Crippen molar-refractivity contribution in [1.82, 2.24) is 0 Å². The zero-order chi connectivity index (χ0) is 8.97. The Morgan fingerprint density at radius 2 is 2.33 bits per heavy atom. The van der Waals surface area contributed by atoms with Crippen molar-refractivity contribution in [2.24, 2.45) is 5.73 Å². The molecule has 12 heavy (non-hydrogen) atoms. The molecule has 1 aromatic carbocycles. The van der Waals surface area contributed by atoms with Crippen LogP contribution in [-0.4, -0.2) is 5.49 Å². The summed E-state index contributed by atoms with van der Waals surface area (Å²) in [5.41, 5.74) is 8.22. The van der Waals surface area contributed by atoms with Gasteiger partial charge in [0.1, 0.15) is 5.82 Å². The van der Waals surface area contributed by atoms with Gasteiger partial charge in [0, 0.05) is 12.2 Å². The lowest BCUT2D eigenvalue weighted by atomic mass is 10.2. The van der Waals surface area contributed by atoms with E-state index < -0.39 is 0 Å². The molecule has 0 atom stereocenters. The fourth-order valence-corrected chi connectivity index (χ4v) is 1.05. The fourth-order valence-electron chi connectivity index (χ4n) is 0.925. The second-order valence-corrected chi connectivity index (χ2v) is 2.50. The molecule has 0 aromatic heterocycles. The Bertz CT molecular complexity index is 288. The summed E-state index contributed by atoms with van der Waals surface area (Å²) in [6.07, 6.45) is 0. The molecule has 0 fully saturated rings. The van der Waals surface area contributed by atoms with Gasteiger partial charge in [-0.05, 0) is 17.7 Å². The van der Waals surface area contributed by atoms with Gasteiger partial charge in [-0.3, -0.25) is 0 Å². The Morgan fingerprint density at radius 1 is 1.58 bits per heavy atom. The highest BCUT2D eigenvalue weighted by Gasteiger charge is 1.99. The van der Waals surface area contributed by atoms with Crippen molar-refractivity contribution < 1.29 is 4.39 Å². The number of hydrogen-bond donors (Lipinski definition) is 2. The van der Waals surface area contributed by atoms with Gasteiger partial charge in [-0.15, -0.1) is 0 Å². The summed E-state index contributed by atoms with van der Waals surface area (Å²) in [4.78, 5) is 0. The van der Waals surface area contributed by atoms with Gasteiger partial charge in [-0.25, -0.2) is 4.39 Å². The maximum absolute atomic E-state index is 12.7. The van der Waals surface area contributed by atoms with Crippen molar-refractivity contribution in [1.29, 1.82) is 0 Å². The van der Waals surface area contributed by atoms with Crippen LogP contribution in [0.1, 0.15) is 5.56 Å². The van der Waals surface area contributed by atoms with Crippen LogP contribution in [0, 0.1) is 5.82 Å². The van der Waals surface area contributed by atoms with E-state index in [0.29, 0.717) is 12.2 Å². The molecule has 0 aliphatic carbocycles. The molecule has 64 valence electrons. The lowest BCUT2D eigenvalue weighted by Crippen LogP contribution is -2.03. The Labute approximate surface area is 75.6 Å². The molecule has 1 rings (SSSR count).